The quantitative estimate of drug-likeness (QED) is 0.855. The van der Waals surface area contributed by atoms with E-state index in [0.717, 1.165) is 5.56 Å². The molecule has 5 nitrogen and oxygen atoms in total. The molecule has 0 spiro atoms. The summed E-state index contributed by atoms with van der Waals surface area (Å²) >= 11 is 0. The maximum Gasteiger partial charge on any atom is 0.246 e. The van der Waals surface area contributed by atoms with E-state index >= 15 is 0 Å². The van der Waals surface area contributed by atoms with E-state index in [1.54, 1.807) is 18.3 Å². The van der Waals surface area contributed by atoms with Crippen LogP contribution in [0.3, 0.4) is 0 Å². The van der Waals surface area contributed by atoms with Gasteiger partial charge < -0.3 is 4.90 Å². The number of carbonyl (C=O) groups excluding carboxylic acids is 2. The molecule has 1 saturated heterocycles. The minimum absolute atomic E-state index is 0.00155. The van der Waals surface area contributed by atoms with E-state index in [2.05, 4.69) is 5.10 Å². The molecule has 1 aromatic rings. The number of rotatable bonds is 3. The fraction of sp³-hybridized carbons (Fsp3) is 0.500. The van der Waals surface area contributed by atoms with Crippen LogP contribution in [-0.2, 0) is 9.59 Å². The van der Waals surface area contributed by atoms with Crippen LogP contribution >= 0.6 is 0 Å². The molecular weight excluding hydrogens is 309 g/mol. The Morgan fingerprint density at radius 2 is 1.88 bits per heavy atom. The zero-order chi connectivity index (χ0) is 17.1. The van der Waals surface area contributed by atoms with Crippen molar-refractivity contribution >= 4 is 18.0 Å². The second-order valence-electron chi connectivity index (χ2n) is 6.29. The predicted octanol–water partition coefficient (Wildman–Crippen LogP) is 2.73. The number of piperidine rings is 1. The van der Waals surface area contributed by atoms with Gasteiger partial charge in [-0.15, -0.1) is 0 Å². The van der Waals surface area contributed by atoms with E-state index in [1.807, 2.05) is 11.8 Å². The molecule has 2 heterocycles. The number of hydrogen-bond donors (Lipinski definition) is 0. The lowest BCUT2D eigenvalue weighted by Gasteiger charge is -2.33. The highest BCUT2D eigenvalue weighted by Gasteiger charge is 2.35. The first kappa shape index (κ1) is 16.6. The van der Waals surface area contributed by atoms with E-state index in [0.29, 0.717) is 38.8 Å². The Morgan fingerprint density at radius 3 is 2.50 bits per heavy atom. The zero-order valence-corrected chi connectivity index (χ0v) is 13.8. The largest absolute Gasteiger partial charge is 0.343 e. The molecule has 1 aromatic carbocycles. The van der Waals surface area contributed by atoms with Gasteiger partial charge in [0, 0.05) is 38.1 Å². The Morgan fingerprint density at radius 1 is 1.21 bits per heavy atom. The van der Waals surface area contributed by atoms with Crippen LogP contribution in [0.5, 0.6) is 0 Å². The number of likely N-dealkylation sites (tertiary alicyclic amines) is 1. The Kier molecular flexibility index (Phi) is 4.92. The van der Waals surface area contributed by atoms with Crippen LogP contribution < -0.4 is 0 Å². The fourth-order valence-electron chi connectivity index (χ4n) is 3.37. The van der Waals surface area contributed by atoms with Crippen LogP contribution in [0.4, 0.5) is 4.39 Å². The maximum atomic E-state index is 13.1. The summed E-state index contributed by atoms with van der Waals surface area (Å²) in [5, 5.41) is 5.78. The first-order valence-electron chi connectivity index (χ1n) is 8.49. The molecule has 2 aliphatic rings. The van der Waals surface area contributed by atoms with Crippen molar-refractivity contribution in [2.45, 2.75) is 38.6 Å². The third-order valence-corrected chi connectivity index (χ3v) is 4.81. The summed E-state index contributed by atoms with van der Waals surface area (Å²) in [5.41, 5.74) is 0.890. The van der Waals surface area contributed by atoms with Crippen molar-refractivity contribution in [1.29, 1.82) is 0 Å². The lowest BCUT2D eigenvalue weighted by Crippen LogP contribution is -2.43. The lowest BCUT2D eigenvalue weighted by molar-refractivity contribution is -0.142. The second-order valence-corrected chi connectivity index (χ2v) is 6.29. The van der Waals surface area contributed by atoms with Crippen molar-refractivity contribution < 1.29 is 14.0 Å². The minimum atomic E-state index is -0.288. The Bertz CT molecular complexity index is 636. The monoisotopic (exact) mass is 331 g/mol. The Hall–Kier alpha value is -2.24. The number of nitrogens with zero attached hydrogens (tertiary/aromatic N) is 3. The Balaban J connectivity index is 1.65. The molecule has 0 aliphatic carbocycles. The van der Waals surface area contributed by atoms with E-state index in [1.165, 1.54) is 17.1 Å². The standard InChI is InChI=1S/C18H22FN3O2/c1-2-17(23)21-11-8-14(9-12-21)18(24)22-16(7-10-20-22)13-3-5-15(19)6-4-13/h3-6,10,14,16H,2,7-9,11-12H2,1H3. The summed E-state index contributed by atoms with van der Waals surface area (Å²) < 4.78 is 13.1. The predicted molar refractivity (Wildman–Crippen MR) is 88.7 cm³/mol. The van der Waals surface area contributed by atoms with Crippen LogP contribution in [0.25, 0.3) is 0 Å². The highest BCUT2D eigenvalue weighted by molar-refractivity contribution is 5.82. The molecule has 6 heteroatoms. The number of amides is 2. The number of benzene rings is 1. The summed E-state index contributed by atoms with van der Waals surface area (Å²) in [4.78, 5) is 26.4. The summed E-state index contributed by atoms with van der Waals surface area (Å²) in [5.74, 6) is -0.251. The van der Waals surface area contributed by atoms with E-state index in [9.17, 15) is 14.0 Å². The molecule has 2 aliphatic heterocycles. The van der Waals surface area contributed by atoms with Crippen LogP contribution in [0.2, 0.25) is 0 Å². The third kappa shape index (κ3) is 3.32. The molecule has 0 N–H and O–H groups in total. The third-order valence-electron chi connectivity index (χ3n) is 4.81. The zero-order valence-electron chi connectivity index (χ0n) is 13.8. The van der Waals surface area contributed by atoms with Gasteiger partial charge in [0.25, 0.3) is 0 Å². The maximum absolute atomic E-state index is 13.1. The molecule has 1 unspecified atom stereocenters. The summed E-state index contributed by atoms with van der Waals surface area (Å²) in [6.45, 7) is 3.11. The number of carbonyl (C=O) groups is 2. The first-order chi connectivity index (χ1) is 11.6. The van der Waals surface area contributed by atoms with Gasteiger partial charge in [-0.2, -0.15) is 5.10 Å². The van der Waals surface area contributed by atoms with Gasteiger partial charge in [0.05, 0.1) is 6.04 Å². The van der Waals surface area contributed by atoms with Gasteiger partial charge in [-0.3, -0.25) is 9.59 Å². The lowest BCUT2D eigenvalue weighted by atomic mass is 9.94. The average Bonchev–Trinajstić information content (AvgIpc) is 3.11. The van der Waals surface area contributed by atoms with Crippen LogP contribution in [0, 0.1) is 11.7 Å². The van der Waals surface area contributed by atoms with Crippen molar-refractivity contribution in [3.8, 4) is 0 Å². The Labute approximate surface area is 141 Å². The average molecular weight is 331 g/mol. The summed E-state index contributed by atoms with van der Waals surface area (Å²) in [6, 6.07) is 6.07. The molecule has 1 atom stereocenters. The van der Waals surface area contributed by atoms with Gasteiger partial charge in [-0.05, 0) is 30.5 Å². The number of hydrazone groups is 1. The van der Waals surface area contributed by atoms with Gasteiger partial charge in [-0.25, -0.2) is 9.40 Å². The molecule has 0 aromatic heterocycles. The van der Waals surface area contributed by atoms with Crippen LogP contribution in [-0.4, -0.2) is 41.0 Å². The second kappa shape index (κ2) is 7.11. The van der Waals surface area contributed by atoms with E-state index < -0.39 is 0 Å². The smallest absolute Gasteiger partial charge is 0.246 e. The van der Waals surface area contributed by atoms with Crippen molar-refractivity contribution in [2.24, 2.45) is 11.0 Å². The van der Waals surface area contributed by atoms with Crippen molar-refractivity contribution in [3.63, 3.8) is 0 Å². The topological polar surface area (TPSA) is 53.0 Å². The number of halogens is 1. The summed E-state index contributed by atoms with van der Waals surface area (Å²) in [7, 11) is 0. The normalized spacial score (nSPS) is 21.3. The SMILES string of the molecule is CCC(=O)N1CCC(C(=O)N2N=CCC2c2ccc(F)cc2)CC1. The molecular formula is C18H22FN3O2. The van der Waals surface area contributed by atoms with Gasteiger partial charge >= 0.3 is 0 Å². The molecule has 0 saturated carbocycles. The van der Waals surface area contributed by atoms with E-state index in [4.69, 9.17) is 0 Å². The summed E-state index contributed by atoms with van der Waals surface area (Å²) in [6.07, 6.45) is 4.23. The van der Waals surface area contributed by atoms with Crippen LogP contribution in [0.1, 0.15) is 44.2 Å². The molecule has 1 fully saturated rings. The highest BCUT2D eigenvalue weighted by Crippen LogP contribution is 2.31. The van der Waals surface area contributed by atoms with E-state index in [-0.39, 0.29) is 29.6 Å². The van der Waals surface area contributed by atoms with Gasteiger partial charge in [0.2, 0.25) is 11.8 Å². The van der Waals surface area contributed by atoms with Gasteiger partial charge in [0.1, 0.15) is 5.82 Å². The molecule has 3 rings (SSSR count). The molecule has 2 amide bonds. The molecule has 0 bridgehead atoms. The minimum Gasteiger partial charge on any atom is -0.343 e. The number of hydrogen-bond acceptors (Lipinski definition) is 3. The van der Waals surface area contributed by atoms with Crippen LogP contribution in [0.15, 0.2) is 29.4 Å². The molecule has 128 valence electrons. The van der Waals surface area contributed by atoms with Crippen molar-refractivity contribution in [2.75, 3.05) is 13.1 Å². The van der Waals surface area contributed by atoms with Crippen molar-refractivity contribution in [3.05, 3.63) is 35.6 Å². The first-order valence-corrected chi connectivity index (χ1v) is 8.49. The molecule has 0 radical (unpaired) electrons. The van der Waals surface area contributed by atoms with Gasteiger partial charge in [0.15, 0.2) is 0 Å². The van der Waals surface area contributed by atoms with Gasteiger partial charge in [-0.1, -0.05) is 19.1 Å². The van der Waals surface area contributed by atoms with Crippen molar-refractivity contribution in [1.82, 2.24) is 9.91 Å². The highest BCUT2D eigenvalue weighted by atomic mass is 19.1. The fourth-order valence-corrected chi connectivity index (χ4v) is 3.37. The molecule has 24 heavy (non-hydrogen) atoms.